The minimum absolute atomic E-state index is 0.112. The van der Waals surface area contributed by atoms with Crippen molar-refractivity contribution in [3.63, 3.8) is 0 Å². The Balaban J connectivity index is 2.20. The Hall–Kier alpha value is -2.55. The molecule has 0 unspecified atom stereocenters. The molecule has 1 aromatic rings. The van der Waals surface area contributed by atoms with Gasteiger partial charge in [-0.3, -0.25) is 19.6 Å². The molecule has 1 fully saturated rings. The lowest BCUT2D eigenvalue weighted by Gasteiger charge is -2.29. The third-order valence-electron chi connectivity index (χ3n) is 5.63. The van der Waals surface area contributed by atoms with Gasteiger partial charge in [-0.1, -0.05) is 33.6 Å². The molecule has 0 aromatic carbocycles. The highest BCUT2D eigenvalue weighted by atomic mass is 19.1. The third-order valence-corrected chi connectivity index (χ3v) is 5.63. The summed E-state index contributed by atoms with van der Waals surface area (Å²) in [5, 5.41) is 12.8. The molecule has 2 rings (SSSR count). The molecule has 3 atom stereocenters. The van der Waals surface area contributed by atoms with Gasteiger partial charge in [-0.2, -0.15) is 0 Å². The zero-order valence-corrected chi connectivity index (χ0v) is 17.8. The number of halogens is 1. The fourth-order valence-electron chi connectivity index (χ4n) is 3.75. The summed E-state index contributed by atoms with van der Waals surface area (Å²) in [6.45, 7) is 6.41. The largest absolute Gasteiger partial charge is 0.330 e. The molecule has 0 saturated carbocycles. The van der Waals surface area contributed by atoms with Crippen LogP contribution in [0, 0.1) is 23.6 Å². The lowest BCUT2D eigenvalue weighted by Crippen LogP contribution is -2.47. The minimum atomic E-state index is -0.691. The van der Waals surface area contributed by atoms with Crippen molar-refractivity contribution in [3.8, 4) is 0 Å². The number of nitrogens with one attached hydrogen (secondary N) is 1. The zero-order valence-electron chi connectivity index (χ0n) is 17.8. The van der Waals surface area contributed by atoms with Crippen LogP contribution in [0.3, 0.4) is 0 Å². The molecule has 0 aliphatic carbocycles. The maximum absolute atomic E-state index is 13.3. The molecular formula is C21H31FN4O4. The average molecular weight is 423 g/mol. The molecule has 30 heavy (non-hydrogen) atoms. The molecule has 1 aromatic heterocycles. The number of hydrogen-bond donors (Lipinski definition) is 2. The van der Waals surface area contributed by atoms with Crippen molar-refractivity contribution in [1.29, 1.82) is 0 Å². The van der Waals surface area contributed by atoms with Crippen LogP contribution in [0.4, 0.5) is 10.2 Å². The summed E-state index contributed by atoms with van der Waals surface area (Å²) in [6.07, 6.45) is 3.94. The Morgan fingerprint density at radius 3 is 2.73 bits per heavy atom. The maximum atomic E-state index is 13.3. The molecule has 3 amide bonds. The molecule has 1 saturated heterocycles. The third kappa shape index (κ3) is 6.22. The van der Waals surface area contributed by atoms with Gasteiger partial charge in [0.05, 0.1) is 18.7 Å². The first-order chi connectivity index (χ1) is 14.3. The van der Waals surface area contributed by atoms with E-state index < -0.39 is 17.8 Å². The van der Waals surface area contributed by atoms with Crippen LogP contribution in [0.15, 0.2) is 18.3 Å². The summed E-state index contributed by atoms with van der Waals surface area (Å²) >= 11 is 0. The lowest BCUT2D eigenvalue weighted by atomic mass is 9.93. The van der Waals surface area contributed by atoms with Crippen LogP contribution >= 0.6 is 0 Å². The molecule has 2 N–H and O–H groups in total. The average Bonchev–Trinajstić information content (AvgIpc) is 3.18. The fraction of sp³-hybridized carbons (Fsp3) is 0.619. The molecule has 1 aliphatic rings. The van der Waals surface area contributed by atoms with E-state index in [1.165, 1.54) is 12.1 Å². The Kier molecular flexibility index (Phi) is 8.71. The van der Waals surface area contributed by atoms with E-state index in [1.54, 1.807) is 4.90 Å². The van der Waals surface area contributed by atoms with Crippen molar-refractivity contribution in [1.82, 2.24) is 14.9 Å². The van der Waals surface area contributed by atoms with Crippen molar-refractivity contribution < 1.29 is 24.0 Å². The number of nitrogens with zero attached hydrogens (tertiary/aromatic N) is 3. The Morgan fingerprint density at radius 1 is 1.43 bits per heavy atom. The van der Waals surface area contributed by atoms with E-state index in [1.807, 2.05) is 20.8 Å². The number of hydroxylamine groups is 2. The first kappa shape index (κ1) is 23.7. The van der Waals surface area contributed by atoms with Gasteiger partial charge in [-0.05, 0) is 36.8 Å². The van der Waals surface area contributed by atoms with Gasteiger partial charge in [0.2, 0.25) is 18.2 Å². The summed E-state index contributed by atoms with van der Waals surface area (Å²) in [5.74, 6) is -1.09. The summed E-state index contributed by atoms with van der Waals surface area (Å²) < 4.78 is 13.1. The second-order valence-corrected chi connectivity index (χ2v) is 8.16. The molecule has 1 aliphatic heterocycles. The molecule has 0 radical (unpaired) electrons. The highest BCUT2D eigenvalue weighted by Gasteiger charge is 2.42. The molecule has 8 nitrogen and oxygen atoms in total. The molecule has 0 bridgehead atoms. The predicted octanol–water partition coefficient (Wildman–Crippen LogP) is 2.69. The highest BCUT2D eigenvalue weighted by molar-refractivity contribution is 5.97. The SMILES string of the molecule is CCCC[C@H](CN(O)C=O)C(=O)N1C[C@@H](C(C)C)C[C@H]1C(=O)Nc1ccc(F)cn1. The van der Waals surface area contributed by atoms with E-state index >= 15 is 0 Å². The summed E-state index contributed by atoms with van der Waals surface area (Å²) in [7, 11) is 0. The number of hydrogen-bond acceptors (Lipinski definition) is 5. The lowest BCUT2D eigenvalue weighted by molar-refractivity contribution is -0.157. The fourth-order valence-corrected chi connectivity index (χ4v) is 3.75. The van der Waals surface area contributed by atoms with E-state index in [9.17, 15) is 24.0 Å². The molecule has 0 spiro atoms. The van der Waals surface area contributed by atoms with Crippen LogP contribution in [0.5, 0.6) is 0 Å². The quantitative estimate of drug-likeness (QED) is 0.343. The van der Waals surface area contributed by atoms with E-state index in [0.29, 0.717) is 24.4 Å². The first-order valence-electron chi connectivity index (χ1n) is 10.4. The zero-order chi connectivity index (χ0) is 22.3. The van der Waals surface area contributed by atoms with Crippen molar-refractivity contribution >= 4 is 24.0 Å². The van der Waals surface area contributed by atoms with Gasteiger partial charge in [-0.15, -0.1) is 0 Å². The Morgan fingerprint density at radius 2 is 2.17 bits per heavy atom. The van der Waals surface area contributed by atoms with Crippen molar-refractivity contribution in [2.45, 2.75) is 52.5 Å². The molecular weight excluding hydrogens is 391 g/mol. The number of anilines is 1. The highest BCUT2D eigenvalue weighted by Crippen LogP contribution is 2.31. The van der Waals surface area contributed by atoms with E-state index in [2.05, 4.69) is 10.3 Å². The Labute approximate surface area is 176 Å². The summed E-state index contributed by atoms with van der Waals surface area (Å²) in [4.78, 5) is 42.5. The number of carbonyl (C=O) groups is 3. The molecule has 166 valence electrons. The van der Waals surface area contributed by atoms with Crippen LogP contribution in [-0.2, 0) is 14.4 Å². The van der Waals surface area contributed by atoms with Crippen LogP contribution in [-0.4, -0.2) is 57.5 Å². The number of likely N-dealkylation sites (tertiary alicyclic amines) is 1. The van der Waals surface area contributed by atoms with Gasteiger partial charge in [-0.25, -0.2) is 14.4 Å². The first-order valence-corrected chi connectivity index (χ1v) is 10.4. The number of pyridine rings is 1. The molecule has 9 heteroatoms. The monoisotopic (exact) mass is 422 g/mol. The van der Waals surface area contributed by atoms with E-state index in [-0.39, 0.29) is 42.4 Å². The van der Waals surface area contributed by atoms with Crippen molar-refractivity contribution in [3.05, 3.63) is 24.1 Å². The number of carbonyl (C=O) groups excluding carboxylic acids is 3. The molecule has 2 heterocycles. The van der Waals surface area contributed by atoms with Crippen molar-refractivity contribution in [2.24, 2.45) is 17.8 Å². The standard InChI is InChI=1S/C21H31FN4O4/c1-4-5-6-15(11-25(30)13-27)21(29)26-12-16(14(2)3)9-18(26)20(28)24-19-8-7-17(22)10-23-19/h7-8,10,13-16,18,30H,4-6,9,11-12H2,1-3H3,(H,23,24,28)/t15-,16+,18+/m1/s1. The number of aromatic nitrogens is 1. The van der Waals surface area contributed by atoms with Gasteiger partial charge < -0.3 is 10.2 Å². The minimum Gasteiger partial charge on any atom is -0.330 e. The van der Waals surface area contributed by atoms with E-state index in [0.717, 1.165) is 19.0 Å². The topological polar surface area (TPSA) is 103 Å². The van der Waals surface area contributed by atoms with Gasteiger partial charge in [0.25, 0.3) is 0 Å². The van der Waals surface area contributed by atoms with Crippen LogP contribution in [0.25, 0.3) is 0 Å². The van der Waals surface area contributed by atoms with E-state index in [4.69, 9.17) is 0 Å². The van der Waals surface area contributed by atoms with Crippen LogP contribution < -0.4 is 5.32 Å². The van der Waals surface area contributed by atoms with Crippen LogP contribution in [0.2, 0.25) is 0 Å². The summed E-state index contributed by atoms with van der Waals surface area (Å²) in [6, 6.07) is 1.88. The Bertz CT molecular complexity index is 728. The van der Waals surface area contributed by atoms with Gasteiger partial charge >= 0.3 is 0 Å². The number of rotatable bonds is 10. The van der Waals surface area contributed by atoms with Gasteiger partial charge in [0.15, 0.2) is 0 Å². The predicted molar refractivity (Wildman–Crippen MR) is 109 cm³/mol. The number of unbranched alkanes of at least 4 members (excludes halogenated alkanes) is 1. The maximum Gasteiger partial charge on any atom is 0.248 e. The second-order valence-electron chi connectivity index (χ2n) is 8.16. The van der Waals surface area contributed by atoms with Crippen LogP contribution in [0.1, 0.15) is 46.5 Å². The summed E-state index contributed by atoms with van der Waals surface area (Å²) in [5.41, 5.74) is 0. The second kappa shape index (κ2) is 11.0. The normalized spacial score (nSPS) is 19.6. The number of amides is 3. The van der Waals surface area contributed by atoms with Crippen molar-refractivity contribution in [2.75, 3.05) is 18.4 Å². The smallest absolute Gasteiger partial charge is 0.248 e. The van der Waals surface area contributed by atoms with Gasteiger partial charge in [0.1, 0.15) is 17.7 Å². The van der Waals surface area contributed by atoms with Gasteiger partial charge in [0, 0.05) is 6.54 Å².